The molecule has 1 aliphatic heterocycles. The molecule has 1 heterocycles. The maximum absolute atomic E-state index is 13.3. The van der Waals surface area contributed by atoms with Gasteiger partial charge in [-0.1, -0.05) is 37.3 Å². The standard InChI is InChI=1S/C26H33NO5/c1-19(20-9-11-21(12-10-20)26(29)31-3)17-25(28)24-18-23(30-2)13-14-27(24)15-16-32-22-7-5-4-6-8-22/h4-12,19,23-24H,13-18H2,1-3H3/t19-,23+,24-/m1/s1. The molecule has 3 atom stereocenters. The summed E-state index contributed by atoms with van der Waals surface area (Å²) in [6, 6.07) is 16.8. The summed E-state index contributed by atoms with van der Waals surface area (Å²) in [5.41, 5.74) is 1.54. The van der Waals surface area contributed by atoms with Crippen LogP contribution in [-0.2, 0) is 14.3 Å². The first-order valence-corrected chi connectivity index (χ1v) is 11.2. The number of para-hydroxylation sites is 1. The summed E-state index contributed by atoms with van der Waals surface area (Å²) < 4.78 is 16.2. The number of piperidine rings is 1. The Hall–Kier alpha value is -2.70. The molecule has 1 saturated heterocycles. The number of carbonyl (C=O) groups is 2. The normalized spacial score (nSPS) is 19.8. The van der Waals surface area contributed by atoms with Gasteiger partial charge in [-0.2, -0.15) is 0 Å². The number of likely N-dealkylation sites (tertiary alicyclic amines) is 1. The van der Waals surface area contributed by atoms with Crippen molar-refractivity contribution in [2.75, 3.05) is 33.9 Å². The van der Waals surface area contributed by atoms with Crippen LogP contribution in [0.4, 0.5) is 0 Å². The predicted octanol–water partition coefficient (Wildman–Crippen LogP) is 4.09. The second kappa shape index (κ2) is 11.8. The molecular formula is C26H33NO5. The van der Waals surface area contributed by atoms with Crippen LogP contribution in [0.25, 0.3) is 0 Å². The zero-order chi connectivity index (χ0) is 22.9. The molecule has 0 bridgehead atoms. The van der Waals surface area contributed by atoms with E-state index in [9.17, 15) is 9.59 Å². The molecule has 0 unspecified atom stereocenters. The average molecular weight is 440 g/mol. The van der Waals surface area contributed by atoms with E-state index in [2.05, 4.69) is 4.90 Å². The smallest absolute Gasteiger partial charge is 0.337 e. The Morgan fingerprint density at radius 2 is 1.78 bits per heavy atom. The Bertz CT molecular complexity index is 868. The molecule has 6 heteroatoms. The van der Waals surface area contributed by atoms with Gasteiger partial charge < -0.3 is 14.2 Å². The zero-order valence-electron chi connectivity index (χ0n) is 19.2. The molecule has 0 aromatic heterocycles. The first-order valence-electron chi connectivity index (χ1n) is 11.2. The Morgan fingerprint density at radius 3 is 2.44 bits per heavy atom. The fraction of sp³-hybridized carbons (Fsp3) is 0.462. The van der Waals surface area contributed by atoms with Gasteiger partial charge in [-0.25, -0.2) is 4.79 Å². The number of ketones is 1. The monoisotopic (exact) mass is 439 g/mol. The van der Waals surface area contributed by atoms with Gasteiger partial charge in [0.1, 0.15) is 12.4 Å². The summed E-state index contributed by atoms with van der Waals surface area (Å²) in [5, 5.41) is 0. The van der Waals surface area contributed by atoms with Crippen molar-refractivity contribution < 1.29 is 23.8 Å². The lowest BCUT2D eigenvalue weighted by molar-refractivity contribution is -0.128. The molecule has 1 fully saturated rings. The van der Waals surface area contributed by atoms with Crippen LogP contribution in [0.3, 0.4) is 0 Å². The maximum atomic E-state index is 13.3. The van der Waals surface area contributed by atoms with Crippen LogP contribution in [0.15, 0.2) is 54.6 Å². The molecular weight excluding hydrogens is 406 g/mol. The minimum Gasteiger partial charge on any atom is -0.492 e. The van der Waals surface area contributed by atoms with Gasteiger partial charge in [0.25, 0.3) is 0 Å². The third kappa shape index (κ3) is 6.40. The summed E-state index contributed by atoms with van der Waals surface area (Å²) in [6.07, 6.45) is 2.16. The van der Waals surface area contributed by atoms with E-state index in [1.807, 2.05) is 49.4 Å². The van der Waals surface area contributed by atoms with E-state index in [4.69, 9.17) is 14.2 Å². The highest BCUT2D eigenvalue weighted by atomic mass is 16.5. The first-order chi connectivity index (χ1) is 15.5. The van der Waals surface area contributed by atoms with Crippen LogP contribution >= 0.6 is 0 Å². The number of nitrogens with zero attached hydrogens (tertiary/aromatic N) is 1. The van der Waals surface area contributed by atoms with Crippen molar-refractivity contribution in [1.82, 2.24) is 4.90 Å². The van der Waals surface area contributed by atoms with Gasteiger partial charge >= 0.3 is 5.97 Å². The zero-order valence-corrected chi connectivity index (χ0v) is 19.2. The van der Waals surface area contributed by atoms with Gasteiger partial charge in [0.15, 0.2) is 5.78 Å². The van der Waals surface area contributed by atoms with Crippen LogP contribution in [0.2, 0.25) is 0 Å². The molecule has 0 amide bonds. The number of methoxy groups -OCH3 is 2. The summed E-state index contributed by atoms with van der Waals surface area (Å²) in [7, 11) is 3.08. The summed E-state index contributed by atoms with van der Waals surface area (Å²) in [4.78, 5) is 27.2. The van der Waals surface area contributed by atoms with Crippen molar-refractivity contribution in [2.45, 2.75) is 44.2 Å². The van der Waals surface area contributed by atoms with Crippen molar-refractivity contribution in [2.24, 2.45) is 0 Å². The second-order valence-electron chi connectivity index (χ2n) is 8.28. The van der Waals surface area contributed by atoms with E-state index in [1.165, 1.54) is 7.11 Å². The number of carbonyl (C=O) groups excluding carboxylic acids is 2. The third-order valence-corrected chi connectivity index (χ3v) is 6.17. The molecule has 0 aliphatic carbocycles. The number of esters is 1. The minimum atomic E-state index is -0.360. The lowest BCUT2D eigenvalue weighted by Crippen LogP contribution is -2.50. The highest BCUT2D eigenvalue weighted by Gasteiger charge is 2.33. The van der Waals surface area contributed by atoms with Crippen LogP contribution in [0, 0.1) is 0 Å². The lowest BCUT2D eigenvalue weighted by atomic mass is 9.88. The fourth-order valence-corrected chi connectivity index (χ4v) is 4.22. The minimum absolute atomic E-state index is 0.0551. The van der Waals surface area contributed by atoms with Crippen molar-refractivity contribution in [3.63, 3.8) is 0 Å². The van der Waals surface area contributed by atoms with Crippen molar-refractivity contribution in [3.8, 4) is 5.75 Å². The molecule has 0 N–H and O–H groups in total. The molecule has 3 rings (SSSR count). The Kier molecular flexibility index (Phi) is 8.82. The predicted molar refractivity (Wildman–Crippen MR) is 123 cm³/mol. The summed E-state index contributed by atoms with van der Waals surface area (Å²) >= 11 is 0. The Morgan fingerprint density at radius 1 is 1.06 bits per heavy atom. The molecule has 2 aromatic carbocycles. The largest absolute Gasteiger partial charge is 0.492 e. The van der Waals surface area contributed by atoms with E-state index in [0.29, 0.717) is 31.6 Å². The lowest BCUT2D eigenvalue weighted by Gasteiger charge is -2.38. The SMILES string of the molecule is COC(=O)c1ccc([C@H](C)CC(=O)[C@H]2C[C@@H](OC)CCN2CCOc2ccccc2)cc1. The fourth-order valence-electron chi connectivity index (χ4n) is 4.22. The van der Waals surface area contributed by atoms with Crippen molar-refractivity contribution in [1.29, 1.82) is 0 Å². The quantitative estimate of drug-likeness (QED) is 0.520. The van der Waals surface area contributed by atoms with E-state index in [1.54, 1.807) is 19.2 Å². The number of hydrogen-bond acceptors (Lipinski definition) is 6. The Labute approximate surface area is 190 Å². The maximum Gasteiger partial charge on any atom is 0.337 e. The van der Waals surface area contributed by atoms with Gasteiger partial charge in [-0.05, 0) is 48.6 Å². The summed E-state index contributed by atoms with van der Waals surface area (Å²) in [5.74, 6) is 0.753. The molecule has 172 valence electrons. The van der Waals surface area contributed by atoms with Crippen LogP contribution < -0.4 is 4.74 Å². The molecule has 0 saturated carbocycles. The van der Waals surface area contributed by atoms with Crippen LogP contribution in [0.5, 0.6) is 5.75 Å². The van der Waals surface area contributed by atoms with Gasteiger partial charge in [-0.3, -0.25) is 9.69 Å². The van der Waals surface area contributed by atoms with E-state index < -0.39 is 0 Å². The van der Waals surface area contributed by atoms with Gasteiger partial charge in [-0.15, -0.1) is 0 Å². The van der Waals surface area contributed by atoms with Crippen LogP contribution in [0.1, 0.15) is 48.0 Å². The third-order valence-electron chi connectivity index (χ3n) is 6.17. The highest BCUT2D eigenvalue weighted by Crippen LogP contribution is 2.26. The second-order valence-corrected chi connectivity index (χ2v) is 8.28. The van der Waals surface area contributed by atoms with Crippen molar-refractivity contribution in [3.05, 3.63) is 65.7 Å². The molecule has 32 heavy (non-hydrogen) atoms. The molecule has 1 aliphatic rings. The number of Topliss-reactive ketones (excluding diaryl/α,β-unsaturated/α-hetero) is 1. The van der Waals surface area contributed by atoms with Gasteiger partial charge in [0.05, 0.1) is 24.8 Å². The topological polar surface area (TPSA) is 65.1 Å². The number of hydrogen-bond donors (Lipinski definition) is 0. The van der Waals surface area contributed by atoms with Crippen molar-refractivity contribution >= 4 is 11.8 Å². The van der Waals surface area contributed by atoms with Gasteiger partial charge in [0, 0.05) is 26.6 Å². The number of rotatable bonds is 10. The summed E-state index contributed by atoms with van der Waals surface area (Å²) in [6.45, 7) is 4.10. The van der Waals surface area contributed by atoms with E-state index >= 15 is 0 Å². The molecule has 0 spiro atoms. The van der Waals surface area contributed by atoms with E-state index in [-0.39, 0.29) is 29.8 Å². The Balaban J connectivity index is 1.60. The van der Waals surface area contributed by atoms with Gasteiger partial charge in [0.2, 0.25) is 0 Å². The van der Waals surface area contributed by atoms with Crippen LogP contribution in [-0.4, -0.2) is 62.7 Å². The van der Waals surface area contributed by atoms with E-state index in [0.717, 1.165) is 24.3 Å². The average Bonchev–Trinajstić information content (AvgIpc) is 2.84. The first kappa shape index (κ1) is 24.0. The molecule has 2 aromatic rings. The molecule has 0 radical (unpaired) electrons. The molecule has 6 nitrogen and oxygen atoms in total. The number of benzene rings is 2. The number of ether oxygens (including phenoxy) is 3. The highest BCUT2D eigenvalue weighted by molar-refractivity contribution is 5.89.